The normalized spacial score (nSPS) is 9.86. The largest absolute Gasteiger partial charge is 0.477 e. The highest BCUT2D eigenvalue weighted by Gasteiger charge is 2.18. The number of rotatable bonds is 3. The van der Waals surface area contributed by atoms with Crippen LogP contribution in [-0.4, -0.2) is 26.7 Å². The van der Waals surface area contributed by atoms with Crippen molar-refractivity contribution < 1.29 is 19.5 Å². The van der Waals surface area contributed by atoms with Gasteiger partial charge in [-0.25, -0.2) is 4.79 Å². The van der Waals surface area contributed by atoms with Crippen molar-refractivity contribution in [3.05, 3.63) is 23.5 Å². The van der Waals surface area contributed by atoms with Crippen molar-refractivity contribution in [1.29, 1.82) is 0 Å². The molecule has 0 unspecified atom stereocenters. The summed E-state index contributed by atoms with van der Waals surface area (Å²) in [5.74, 6) is -2.08. The van der Waals surface area contributed by atoms with E-state index >= 15 is 0 Å². The molecule has 0 aromatic carbocycles. The summed E-state index contributed by atoms with van der Waals surface area (Å²) < 4.78 is 1.23. The quantitative estimate of drug-likeness (QED) is 0.457. The number of aromatic carboxylic acids is 1. The zero-order valence-corrected chi connectivity index (χ0v) is 7.91. The standard InChI is InChI=1S/C8H6ClNO4/c1-10-3-4(6(11)7(9)12)2-5(10)8(13)14/h2-3H,1H3,(H,13,14). The molecule has 1 N–H and O–H groups in total. The van der Waals surface area contributed by atoms with Gasteiger partial charge >= 0.3 is 5.97 Å². The molecule has 0 aliphatic heterocycles. The topological polar surface area (TPSA) is 76.4 Å². The van der Waals surface area contributed by atoms with Crippen molar-refractivity contribution in [1.82, 2.24) is 4.57 Å². The lowest BCUT2D eigenvalue weighted by Crippen LogP contribution is -2.05. The Bertz CT molecular complexity index is 421. The van der Waals surface area contributed by atoms with Gasteiger partial charge in [-0.3, -0.25) is 9.59 Å². The lowest BCUT2D eigenvalue weighted by molar-refractivity contribution is -0.108. The highest BCUT2D eigenvalue weighted by Crippen LogP contribution is 2.09. The molecule has 0 atom stereocenters. The number of aromatic nitrogens is 1. The average Bonchev–Trinajstić information content (AvgIpc) is 2.45. The van der Waals surface area contributed by atoms with Gasteiger partial charge in [-0.15, -0.1) is 0 Å². The van der Waals surface area contributed by atoms with Crippen LogP contribution in [0.1, 0.15) is 20.8 Å². The van der Waals surface area contributed by atoms with Crippen LogP contribution in [-0.2, 0) is 11.8 Å². The van der Waals surface area contributed by atoms with E-state index in [-0.39, 0.29) is 11.3 Å². The monoisotopic (exact) mass is 215 g/mol. The lowest BCUT2D eigenvalue weighted by Gasteiger charge is -1.92. The molecule has 0 bridgehead atoms. The maximum absolute atomic E-state index is 11.0. The maximum atomic E-state index is 11.0. The fourth-order valence-corrected chi connectivity index (χ4v) is 1.12. The number of carbonyl (C=O) groups is 3. The van der Waals surface area contributed by atoms with Crippen LogP contribution < -0.4 is 0 Å². The molecule has 1 rings (SSSR count). The van der Waals surface area contributed by atoms with Crippen LogP contribution in [0.3, 0.4) is 0 Å². The van der Waals surface area contributed by atoms with Gasteiger partial charge in [0.15, 0.2) is 0 Å². The summed E-state index contributed by atoms with van der Waals surface area (Å²) in [6.07, 6.45) is 1.24. The first-order chi connectivity index (χ1) is 6.43. The number of hydrogen-bond acceptors (Lipinski definition) is 3. The number of hydrogen-bond donors (Lipinski definition) is 1. The van der Waals surface area contributed by atoms with E-state index in [4.69, 9.17) is 16.7 Å². The van der Waals surface area contributed by atoms with E-state index in [1.54, 1.807) is 0 Å². The number of aryl methyl sites for hydroxylation is 1. The second-order valence-corrected chi connectivity index (χ2v) is 2.98. The third-order valence-electron chi connectivity index (χ3n) is 1.66. The van der Waals surface area contributed by atoms with E-state index in [0.717, 1.165) is 6.07 Å². The number of ketones is 1. The Kier molecular flexibility index (Phi) is 2.71. The molecule has 74 valence electrons. The molecule has 6 heteroatoms. The number of nitrogens with zero attached hydrogens (tertiary/aromatic N) is 1. The molecule has 0 saturated heterocycles. The Balaban J connectivity index is 3.15. The first-order valence-electron chi connectivity index (χ1n) is 3.57. The molecule has 0 amide bonds. The van der Waals surface area contributed by atoms with Gasteiger partial charge < -0.3 is 9.67 Å². The van der Waals surface area contributed by atoms with Crippen molar-refractivity contribution in [2.75, 3.05) is 0 Å². The first kappa shape index (κ1) is 10.5. The summed E-state index contributed by atoms with van der Waals surface area (Å²) in [7, 11) is 1.46. The van der Waals surface area contributed by atoms with Crippen molar-refractivity contribution in [2.24, 2.45) is 7.05 Å². The molecule has 14 heavy (non-hydrogen) atoms. The van der Waals surface area contributed by atoms with E-state index in [1.807, 2.05) is 0 Å². The van der Waals surface area contributed by atoms with Crippen LogP contribution in [0.2, 0.25) is 0 Å². The zero-order valence-electron chi connectivity index (χ0n) is 7.15. The zero-order chi connectivity index (χ0) is 10.9. The summed E-state index contributed by atoms with van der Waals surface area (Å²) in [4.78, 5) is 32.1. The van der Waals surface area contributed by atoms with E-state index in [2.05, 4.69) is 0 Å². The van der Waals surface area contributed by atoms with E-state index in [9.17, 15) is 14.4 Å². The van der Waals surface area contributed by atoms with E-state index < -0.39 is 17.0 Å². The predicted molar refractivity (Wildman–Crippen MR) is 47.6 cm³/mol. The highest BCUT2D eigenvalue weighted by molar-refractivity contribution is 6.83. The maximum Gasteiger partial charge on any atom is 0.352 e. The van der Waals surface area contributed by atoms with Crippen LogP contribution in [0.4, 0.5) is 0 Å². The number of Topliss-reactive ketones (excluding diaryl/α,β-unsaturated/α-hetero) is 1. The van der Waals surface area contributed by atoms with Crippen LogP contribution >= 0.6 is 11.6 Å². The van der Waals surface area contributed by atoms with Crippen LogP contribution in [0.15, 0.2) is 12.3 Å². The third kappa shape index (κ3) is 1.82. The smallest absolute Gasteiger partial charge is 0.352 e. The van der Waals surface area contributed by atoms with Crippen molar-refractivity contribution >= 4 is 28.6 Å². The van der Waals surface area contributed by atoms with E-state index in [0.29, 0.717) is 0 Å². The fraction of sp³-hybridized carbons (Fsp3) is 0.125. The Morgan fingerprint density at radius 1 is 1.43 bits per heavy atom. The summed E-state index contributed by atoms with van der Waals surface area (Å²) in [6.45, 7) is 0. The molecule has 1 aromatic rings. The van der Waals surface area contributed by atoms with Gasteiger partial charge in [-0.1, -0.05) is 0 Å². The molecular formula is C8H6ClNO4. The fourth-order valence-electron chi connectivity index (χ4n) is 1.01. The summed E-state index contributed by atoms with van der Waals surface area (Å²) in [5.41, 5.74) is -0.101. The molecular weight excluding hydrogens is 210 g/mol. The van der Waals surface area contributed by atoms with Crippen LogP contribution in [0, 0.1) is 0 Å². The number of carboxylic acids is 1. The van der Waals surface area contributed by atoms with Gasteiger partial charge in [0.2, 0.25) is 5.78 Å². The second kappa shape index (κ2) is 3.63. The summed E-state index contributed by atoms with van der Waals surface area (Å²) in [6, 6.07) is 1.10. The van der Waals surface area contributed by atoms with Crippen LogP contribution in [0.5, 0.6) is 0 Å². The van der Waals surface area contributed by atoms with Crippen molar-refractivity contribution in [3.63, 3.8) is 0 Å². The Labute approximate surface area is 83.9 Å². The molecule has 0 aliphatic carbocycles. The second-order valence-electron chi connectivity index (χ2n) is 2.63. The van der Waals surface area contributed by atoms with Gasteiger partial charge in [0.25, 0.3) is 5.24 Å². The van der Waals surface area contributed by atoms with Gasteiger partial charge in [0.05, 0.1) is 0 Å². The molecule has 5 nitrogen and oxygen atoms in total. The highest BCUT2D eigenvalue weighted by atomic mass is 35.5. The molecule has 1 heterocycles. The average molecular weight is 216 g/mol. The minimum absolute atomic E-state index is 0.0232. The van der Waals surface area contributed by atoms with Gasteiger partial charge in [0.1, 0.15) is 5.69 Å². The Morgan fingerprint density at radius 3 is 2.36 bits per heavy atom. The van der Waals surface area contributed by atoms with Gasteiger partial charge in [-0.2, -0.15) is 0 Å². The number of carboxylic acid groups (broad SMARTS) is 1. The summed E-state index contributed by atoms with van der Waals surface area (Å²) >= 11 is 4.96. The minimum Gasteiger partial charge on any atom is -0.477 e. The Morgan fingerprint density at radius 2 is 2.00 bits per heavy atom. The molecule has 0 spiro atoms. The van der Waals surface area contributed by atoms with Crippen LogP contribution in [0.25, 0.3) is 0 Å². The minimum atomic E-state index is -1.17. The van der Waals surface area contributed by atoms with Gasteiger partial charge in [-0.05, 0) is 17.7 Å². The number of halogens is 1. The molecule has 0 saturated carbocycles. The molecule has 0 aliphatic rings. The predicted octanol–water partition coefficient (Wildman–Crippen LogP) is 0.671. The van der Waals surface area contributed by atoms with E-state index in [1.165, 1.54) is 17.8 Å². The first-order valence-corrected chi connectivity index (χ1v) is 3.95. The molecule has 0 radical (unpaired) electrons. The number of carbonyl (C=O) groups excluding carboxylic acids is 2. The van der Waals surface area contributed by atoms with Crippen molar-refractivity contribution in [3.8, 4) is 0 Å². The van der Waals surface area contributed by atoms with Crippen molar-refractivity contribution in [2.45, 2.75) is 0 Å². The molecule has 0 fully saturated rings. The lowest BCUT2D eigenvalue weighted by atomic mass is 10.2. The molecule has 1 aromatic heterocycles. The van der Waals surface area contributed by atoms with Gasteiger partial charge in [0, 0.05) is 18.8 Å². The SMILES string of the molecule is Cn1cc(C(=O)C(=O)Cl)cc1C(=O)O. The summed E-state index contributed by atoms with van der Waals surface area (Å²) in [5, 5.41) is 7.52. The third-order valence-corrected chi connectivity index (χ3v) is 1.84. The Hall–Kier alpha value is -1.62.